The van der Waals surface area contributed by atoms with Crippen LogP contribution in [0.3, 0.4) is 0 Å². The molecule has 0 aromatic rings. The standard InChI is InChI=1S/C15H27NO3S/c1-3-5-6-7-8-9-11-16-14(17)10-12-20-15(18)13-19-4-2/h10,12H,3-9,11,13H2,1-2H3,(H,16,17)/b12-10-. The Hall–Kier alpha value is -0.810. The van der Waals surface area contributed by atoms with Crippen LogP contribution in [-0.2, 0) is 14.3 Å². The lowest BCUT2D eigenvalue weighted by Crippen LogP contribution is -2.21. The molecule has 0 saturated heterocycles. The second kappa shape index (κ2) is 14.6. The van der Waals surface area contributed by atoms with Crippen molar-refractivity contribution in [2.75, 3.05) is 19.8 Å². The lowest BCUT2D eigenvalue weighted by atomic mass is 10.1. The summed E-state index contributed by atoms with van der Waals surface area (Å²) in [6, 6.07) is 0. The summed E-state index contributed by atoms with van der Waals surface area (Å²) in [4.78, 5) is 22.6. The van der Waals surface area contributed by atoms with Crippen molar-refractivity contribution < 1.29 is 14.3 Å². The van der Waals surface area contributed by atoms with Crippen LogP contribution in [0.1, 0.15) is 52.4 Å². The molecule has 0 bridgehead atoms. The first-order valence-electron chi connectivity index (χ1n) is 7.42. The van der Waals surface area contributed by atoms with E-state index in [1.54, 1.807) is 0 Å². The van der Waals surface area contributed by atoms with Gasteiger partial charge in [-0.2, -0.15) is 0 Å². The average molecular weight is 301 g/mol. The van der Waals surface area contributed by atoms with Crippen molar-refractivity contribution in [3.63, 3.8) is 0 Å². The predicted molar refractivity (Wildman–Crippen MR) is 84.6 cm³/mol. The zero-order chi connectivity index (χ0) is 15.1. The molecule has 0 spiro atoms. The Balaban J connectivity index is 3.46. The van der Waals surface area contributed by atoms with E-state index in [0.717, 1.165) is 24.6 Å². The molecule has 0 fully saturated rings. The molecule has 5 heteroatoms. The highest BCUT2D eigenvalue weighted by molar-refractivity contribution is 8.16. The van der Waals surface area contributed by atoms with Crippen LogP contribution in [0.4, 0.5) is 0 Å². The van der Waals surface area contributed by atoms with Crippen LogP contribution >= 0.6 is 11.8 Å². The minimum Gasteiger partial charge on any atom is -0.373 e. The Morgan fingerprint density at radius 3 is 2.50 bits per heavy atom. The van der Waals surface area contributed by atoms with Crippen molar-refractivity contribution in [3.05, 3.63) is 11.5 Å². The number of unbranched alkanes of at least 4 members (excludes halogenated alkanes) is 5. The molecule has 0 radical (unpaired) electrons. The molecule has 0 saturated carbocycles. The van der Waals surface area contributed by atoms with Gasteiger partial charge in [0.2, 0.25) is 11.0 Å². The highest BCUT2D eigenvalue weighted by atomic mass is 32.2. The molecule has 0 heterocycles. The molecule has 0 aliphatic carbocycles. The van der Waals surface area contributed by atoms with Gasteiger partial charge >= 0.3 is 0 Å². The SMILES string of the molecule is CCCCCCCCNC(=O)/C=C\SC(=O)COCC. The number of amides is 1. The Bertz CT molecular complexity index is 293. The lowest BCUT2D eigenvalue weighted by Gasteiger charge is -2.02. The topological polar surface area (TPSA) is 55.4 Å². The molecular formula is C15H27NO3S. The second-order valence-electron chi connectivity index (χ2n) is 4.49. The zero-order valence-electron chi connectivity index (χ0n) is 12.7. The van der Waals surface area contributed by atoms with Crippen molar-refractivity contribution in [3.8, 4) is 0 Å². The van der Waals surface area contributed by atoms with Gasteiger partial charge < -0.3 is 10.1 Å². The first kappa shape index (κ1) is 19.2. The number of hydrogen-bond acceptors (Lipinski definition) is 4. The average Bonchev–Trinajstić information content (AvgIpc) is 2.44. The van der Waals surface area contributed by atoms with Crippen LogP contribution in [0.5, 0.6) is 0 Å². The number of rotatable bonds is 12. The molecule has 116 valence electrons. The molecule has 4 nitrogen and oxygen atoms in total. The van der Waals surface area contributed by atoms with Gasteiger partial charge in [0.1, 0.15) is 6.61 Å². The third-order valence-corrected chi connectivity index (χ3v) is 3.33. The van der Waals surface area contributed by atoms with Gasteiger partial charge in [0, 0.05) is 19.2 Å². The molecule has 0 aliphatic heterocycles. The molecule has 0 aromatic heterocycles. The molecule has 1 amide bonds. The van der Waals surface area contributed by atoms with Crippen LogP contribution in [-0.4, -0.2) is 30.8 Å². The smallest absolute Gasteiger partial charge is 0.244 e. The van der Waals surface area contributed by atoms with Gasteiger partial charge in [0.15, 0.2) is 0 Å². The molecule has 1 N–H and O–H groups in total. The number of hydrogen-bond donors (Lipinski definition) is 1. The highest BCUT2D eigenvalue weighted by Gasteiger charge is 2.00. The van der Waals surface area contributed by atoms with E-state index >= 15 is 0 Å². The van der Waals surface area contributed by atoms with E-state index in [4.69, 9.17) is 4.74 Å². The molecule has 0 unspecified atom stereocenters. The van der Waals surface area contributed by atoms with Gasteiger partial charge in [0.25, 0.3) is 0 Å². The quantitative estimate of drug-likeness (QED) is 0.444. The van der Waals surface area contributed by atoms with Gasteiger partial charge in [-0.05, 0) is 18.8 Å². The van der Waals surface area contributed by atoms with E-state index in [2.05, 4.69) is 12.2 Å². The highest BCUT2D eigenvalue weighted by Crippen LogP contribution is 2.05. The maximum Gasteiger partial charge on any atom is 0.244 e. The first-order chi connectivity index (χ1) is 9.70. The predicted octanol–water partition coefficient (Wildman–Crippen LogP) is 3.27. The summed E-state index contributed by atoms with van der Waals surface area (Å²) >= 11 is 0.992. The first-order valence-corrected chi connectivity index (χ1v) is 8.30. The Labute approximate surface area is 126 Å². The maximum atomic E-state index is 11.4. The van der Waals surface area contributed by atoms with E-state index in [1.807, 2.05) is 6.92 Å². The number of ether oxygens (including phenoxy) is 1. The number of carbonyl (C=O) groups is 2. The van der Waals surface area contributed by atoms with Crippen LogP contribution < -0.4 is 5.32 Å². The molecule has 20 heavy (non-hydrogen) atoms. The van der Waals surface area contributed by atoms with Gasteiger partial charge in [0.05, 0.1) is 0 Å². The number of nitrogens with one attached hydrogen (secondary N) is 1. The fourth-order valence-electron chi connectivity index (χ4n) is 1.57. The zero-order valence-corrected chi connectivity index (χ0v) is 13.5. The van der Waals surface area contributed by atoms with Crippen molar-refractivity contribution >= 4 is 22.8 Å². The Morgan fingerprint density at radius 1 is 1.10 bits per heavy atom. The lowest BCUT2D eigenvalue weighted by molar-refractivity contribution is -0.116. The minimum absolute atomic E-state index is 0.0882. The molecular weight excluding hydrogens is 274 g/mol. The monoisotopic (exact) mass is 301 g/mol. The van der Waals surface area contributed by atoms with Crippen molar-refractivity contribution in [2.45, 2.75) is 52.4 Å². The van der Waals surface area contributed by atoms with Crippen molar-refractivity contribution in [1.82, 2.24) is 5.32 Å². The maximum absolute atomic E-state index is 11.4. The van der Waals surface area contributed by atoms with E-state index in [0.29, 0.717) is 13.2 Å². The van der Waals surface area contributed by atoms with E-state index in [9.17, 15) is 9.59 Å². The van der Waals surface area contributed by atoms with E-state index < -0.39 is 0 Å². The van der Waals surface area contributed by atoms with Gasteiger partial charge in [-0.25, -0.2) is 0 Å². The van der Waals surface area contributed by atoms with Crippen molar-refractivity contribution in [2.24, 2.45) is 0 Å². The van der Waals surface area contributed by atoms with Crippen LogP contribution in [0.2, 0.25) is 0 Å². The normalized spacial score (nSPS) is 10.9. The Kier molecular flexibility index (Phi) is 14.0. The summed E-state index contributed by atoms with van der Waals surface area (Å²) in [7, 11) is 0. The van der Waals surface area contributed by atoms with Crippen molar-refractivity contribution in [1.29, 1.82) is 0 Å². The summed E-state index contributed by atoms with van der Waals surface area (Å²) in [6.45, 7) is 5.35. The van der Waals surface area contributed by atoms with Gasteiger partial charge in [-0.15, -0.1) is 0 Å². The van der Waals surface area contributed by atoms with Gasteiger partial charge in [-0.3, -0.25) is 9.59 Å². The van der Waals surface area contributed by atoms with Crippen LogP contribution in [0, 0.1) is 0 Å². The fraction of sp³-hybridized carbons (Fsp3) is 0.733. The summed E-state index contributed by atoms with van der Waals surface area (Å²) in [6.07, 6.45) is 8.63. The second-order valence-corrected chi connectivity index (χ2v) is 5.45. The van der Waals surface area contributed by atoms with Crippen LogP contribution in [0.25, 0.3) is 0 Å². The summed E-state index contributed by atoms with van der Waals surface area (Å²) in [5, 5.41) is 4.23. The third-order valence-electron chi connectivity index (χ3n) is 2.67. The summed E-state index contributed by atoms with van der Waals surface area (Å²) in [5.74, 6) is -0.143. The molecule has 0 aliphatic rings. The third kappa shape index (κ3) is 13.6. The summed E-state index contributed by atoms with van der Waals surface area (Å²) in [5.41, 5.74) is 0. The summed E-state index contributed by atoms with van der Waals surface area (Å²) < 4.78 is 4.97. The molecule has 0 rings (SSSR count). The fourth-order valence-corrected chi connectivity index (χ4v) is 2.06. The largest absolute Gasteiger partial charge is 0.373 e. The van der Waals surface area contributed by atoms with Gasteiger partial charge in [-0.1, -0.05) is 50.8 Å². The van der Waals surface area contributed by atoms with Crippen LogP contribution in [0.15, 0.2) is 11.5 Å². The molecule has 0 atom stereocenters. The number of carbonyl (C=O) groups excluding carboxylic acids is 2. The molecule has 0 aromatic carbocycles. The van der Waals surface area contributed by atoms with E-state index in [1.165, 1.54) is 37.2 Å². The minimum atomic E-state index is -0.143. The number of thioether (sulfide) groups is 1. The Morgan fingerprint density at radius 2 is 1.80 bits per heavy atom. The van der Waals surface area contributed by atoms with E-state index in [-0.39, 0.29) is 17.6 Å².